The SMILES string of the molecule is CO[C@]12CC3CC(C1)[C@@H](n1c(=O)[nH]c4cnc5[nH]ccc5c41)C(C3)C2. The van der Waals surface area contributed by atoms with Crippen LogP contribution in [0.1, 0.15) is 38.1 Å². The number of nitrogens with one attached hydrogen (secondary N) is 2. The minimum atomic E-state index is 0.00874. The van der Waals surface area contributed by atoms with E-state index in [-0.39, 0.29) is 17.3 Å². The molecule has 0 radical (unpaired) electrons. The Morgan fingerprint density at radius 1 is 1.28 bits per heavy atom. The van der Waals surface area contributed by atoms with Crippen molar-refractivity contribution in [1.29, 1.82) is 0 Å². The quantitative estimate of drug-likeness (QED) is 0.754. The number of aromatic amines is 2. The molecular formula is C19H22N4O2. The van der Waals surface area contributed by atoms with Crippen LogP contribution in [0.4, 0.5) is 0 Å². The van der Waals surface area contributed by atoms with E-state index in [2.05, 4.69) is 19.5 Å². The number of nitrogens with zero attached hydrogens (tertiary/aromatic N) is 2. The minimum Gasteiger partial charge on any atom is -0.378 e. The van der Waals surface area contributed by atoms with Gasteiger partial charge in [0.15, 0.2) is 0 Å². The summed E-state index contributed by atoms with van der Waals surface area (Å²) in [5.41, 5.74) is 2.77. The summed E-state index contributed by atoms with van der Waals surface area (Å²) in [6, 6.07) is 2.31. The molecule has 2 unspecified atom stereocenters. The van der Waals surface area contributed by atoms with Crippen molar-refractivity contribution in [2.45, 2.75) is 43.7 Å². The van der Waals surface area contributed by atoms with Gasteiger partial charge in [-0.05, 0) is 55.9 Å². The van der Waals surface area contributed by atoms with Crippen LogP contribution in [-0.2, 0) is 4.74 Å². The monoisotopic (exact) mass is 338 g/mol. The van der Waals surface area contributed by atoms with Crippen molar-refractivity contribution >= 4 is 22.1 Å². The molecule has 6 nitrogen and oxygen atoms in total. The van der Waals surface area contributed by atoms with E-state index in [0.717, 1.165) is 40.8 Å². The van der Waals surface area contributed by atoms with Gasteiger partial charge in [-0.15, -0.1) is 0 Å². The average molecular weight is 338 g/mol. The number of rotatable bonds is 2. The molecule has 3 aromatic heterocycles. The largest absolute Gasteiger partial charge is 0.378 e. The first-order chi connectivity index (χ1) is 12.2. The number of fused-ring (bicyclic) bond motifs is 3. The molecule has 4 aliphatic rings. The summed E-state index contributed by atoms with van der Waals surface area (Å²) in [6.07, 6.45) is 9.51. The normalized spacial score (nSPS) is 36.7. The Morgan fingerprint density at radius 2 is 2.08 bits per heavy atom. The lowest BCUT2D eigenvalue weighted by molar-refractivity contribution is -0.164. The molecule has 0 amide bonds. The maximum Gasteiger partial charge on any atom is 0.326 e. The first kappa shape index (κ1) is 14.1. The van der Waals surface area contributed by atoms with Gasteiger partial charge in [0.1, 0.15) is 5.65 Å². The second-order valence-electron chi connectivity index (χ2n) is 8.41. The summed E-state index contributed by atoms with van der Waals surface area (Å²) in [7, 11) is 1.87. The van der Waals surface area contributed by atoms with Gasteiger partial charge in [0.2, 0.25) is 0 Å². The second-order valence-corrected chi connectivity index (χ2v) is 8.41. The average Bonchev–Trinajstić information content (AvgIpc) is 3.18. The van der Waals surface area contributed by atoms with Crippen molar-refractivity contribution in [3.8, 4) is 0 Å². The summed E-state index contributed by atoms with van der Waals surface area (Å²) >= 11 is 0. The Labute approximate surface area is 144 Å². The predicted octanol–water partition coefficient (Wildman–Crippen LogP) is 2.97. The minimum absolute atomic E-state index is 0.00874. The molecule has 6 heteroatoms. The highest BCUT2D eigenvalue weighted by Gasteiger charge is 2.56. The van der Waals surface area contributed by atoms with Gasteiger partial charge in [-0.3, -0.25) is 4.57 Å². The van der Waals surface area contributed by atoms with Crippen molar-refractivity contribution in [2.75, 3.05) is 7.11 Å². The number of methoxy groups -OCH3 is 1. The van der Waals surface area contributed by atoms with Gasteiger partial charge in [-0.2, -0.15) is 0 Å². The molecule has 2 N–H and O–H groups in total. The van der Waals surface area contributed by atoms with Gasteiger partial charge in [0, 0.05) is 24.7 Å². The third kappa shape index (κ3) is 1.73. The summed E-state index contributed by atoms with van der Waals surface area (Å²) in [4.78, 5) is 23.6. The van der Waals surface area contributed by atoms with E-state index in [0.29, 0.717) is 11.8 Å². The third-order valence-corrected chi connectivity index (χ3v) is 7.16. The van der Waals surface area contributed by atoms with Crippen LogP contribution in [0.5, 0.6) is 0 Å². The van der Waals surface area contributed by atoms with Crippen molar-refractivity contribution in [2.24, 2.45) is 17.8 Å². The van der Waals surface area contributed by atoms with E-state index >= 15 is 0 Å². The van der Waals surface area contributed by atoms with Crippen LogP contribution in [-0.4, -0.2) is 32.2 Å². The van der Waals surface area contributed by atoms with Crippen molar-refractivity contribution in [1.82, 2.24) is 19.5 Å². The Kier molecular flexibility index (Phi) is 2.57. The van der Waals surface area contributed by atoms with Crippen LogP contribution in [0.2, 0.25) is 0 Å². The predicted molar refractivity (Wildman–Crippen MR) is 94.5 cm³/mol. The lowest BCUT2D eigenvalue weighted by Crippen LogP contribution is -2.56. The van der Waals surface area contributed by atoms with Crippen LogP contribution in [0.25, 0.3) is 22.1 Å². The number of hydrogen-bond acceptors (Lipinski definition) is 3. The van der Waals surface area contributed by atoms with E-state index in [1.54, 1.807) is 6.20 Å². The fourth-order valence-corrected chi connectivity index (χ4v) is 6.50. The van der Waals surface area contributed by atoms with Crippen LogP contribution in [0, 0.1) is 17.8 Å². The number of pyridine rings is 1. The summed E-state index contributed by atoms with van der Waals surface area (Å²) < 4.78 is 8.04. The Bertz CT molecular complexity index is 1030. The highest BCUT2D eigenvalue weighted by Crippen LogP contribution is 2.61. The highest BCUT2D eigenvalue weighted by molar-refractivity contribution is 6.00. The number of aromatic nitrogens is 4. The van der Waals surface area contributed by atoms with Crippen LogP contribution in [0.15, 0.2) is 23.3 Å². The molecule has 25 heavy (non-hydrogen) atoms. The fourth-order valence-electron chi connectivity index (χ4n) is 6.50. The molecule has 4 fully saturated rings. The van der Waals surface area contributed by atoms with Gasteiger partial charge in [0.25, 0.3) is 0 Å². The van der Waals surface area contributed by atoms with Gasteiger partial charge in [-0.25, -0.2) is 9.78 Å². The second kappa shape index (κ2) is 4.55. The molecule has 7 rings (SSSR count). The molecule has 0 aliphatic heterocycles. The molecule has 130 valence electrons. The topological polar surface area (TPSA) is 75.7 Å². The van der Waals surface area contributed by atoms with E-state index in [9.17, 15) is 4.79 Å². The van der Waals surface area contributed by atoms with Crippen molar-refractivity contribution in [3.63, 3.8) is 0 Å². The zero-order valence-electron chi connectivity index (χ0n) is 14.3. The molecule has 4 bridgehead atoms. The molecule has 4 saturated carbocycles. The van der Waals surface area contributed by atoms with Gasteiger partial charge >= 0.3 is 5.69 Å². The zero-order valence-corrected chi connectivity index (χ0v) is 14.3. The maximum atomic E-state index is 12.9. The molecule has 0 aromatic carbocycles. The Balaban J connectivity index is 1.58. The summed E-state index contributed by atoms with van der Waals surface area (Å²) in [6.45, 7) is 0. The molecular weight excluding hydrogens is 316 g/mol. The maximum absolute atomic E-state index is 12.9. The van der Waals surface area contributed by atoms with Gasteiger partial charge in [0.05, 0.1) is 22.8 Å². The third-order valence-electron chi connectivity index (χ3n) is 7.16. The fraction of sp³-hybridized carbons (Fsp3) is 0.579. The van der Waals surface area contributed by atoms with E-state index in [1.807, 2.05) is 19.4 Å². The first-order valence-electron chi connectivity index (χ1n) is 9.29. The van der Waals surface area contributed by atoms with E-state index in [1.165, 1.54) is 19.3 Å². The summed E-state index contributed by atoms with van der Waals surface area (Å²) in [5.74, 6) is 1.83. The van der Waals surface area contributed by atoms with E-state index in [4.69, 9.17) is 4.74 Å². The molecule has 2 atom stereocenters. The number of hydrogen-bond donors (Lipinski definition) is 2. The van der Waals surface area contributed by atoms with Crippen LogP contribution >= 0.6 is 0 Å². The number of ether oxygens (including phenoxy) is 1. The van der Waals surface area contributed by atoms with E-state index < -0.39 is 0 Å². The van der Waals surface area contributed by atoms with Crippen molar-refractivity contribution in [3.05, 3.63) is 28.9 Å². The lowest BCUT2D eigenvalue weighted by atomic mass is 9.52. The number of H-pyrrole nitrogens is 2. The van der Waals surface area contributed by atoms with Gasteiger partial charge in [-0.1, -0.05) is 0 Å². The lowest BCUT2D eigenvalue weighted by Gasteiger charge is -2.59. The molecule has 4 aliphatic carbocycles. The van der Waals surface area contributed by atoms with Crippen LogP contribution in [0.3, 0.4) is 0 Å². The van der Waals surface area contributed by atoms with Gasteiger partial charge < -0.3 is 14.7 Å². The zero-order chi connectivity index (χ0) is 16.8. The molecule has 3 heterocycles. The summed E-state index contributed by atoms with van der Waals surface area (Å²) in [5, 5.41) is 1.03. The Hall–Kier alpha value is -2.08. The molecule has 3 aromatic rings. The molecule has 0 spiro atoms. The standard InChI is InChI=1S/C19H22N4O2/c1-25-19-6-10-4-11(7-19)15(12(5-10)8-19)23-16-13-2-3-20-17(13)21-9-14(16)22-18(23)24/h2-3,9-12,15H,4-8H2,1H3,(H,20,21)(H,22,24)/t10?,11?,12?,15-,19-. The Morgan fingerprint density at radius 3 is 2.84 bits per heavy atom. The first-order valence-corrected chi connectivity index (χ1v) is 9.29. The number of imidazole rings is 1. The smallest absolute Gasteiger partial charge is 0.326 e. The van der Waals surface area contributed by atoms with Crippen LogP contribution < -0.4 is 5.69 Å². The molecule has 0 saturated heterocycles. The highest BCUT2D eigenvalue weighted by atomic mass is 16.5. The van der Waals surface area contributed by atoms with Crippen molar-refractivity contribution < 1.29 is 4.74 Å².